The zero-order chi connectivity index (χ0) is 12.0. The SMILES string of the molecule is O=C(O)C1CSC(C2CC2)N1C(=O)C1CCC1. The third kappa shape index (κ3) is 1.94. The fourth-order valence-corrected chi connectivity index (χ4v) is 4.25. The largest absolute Gasteiger partial charge is 0.480 e. The highest BCUT2D eigenvalue weighted by atomic mass is 32.2. The summed E-state index contributed by atoms with van der Waals surface area (Å²) in [6.07, 6.45) is 5.31. The van der Waals surface area contributed by atoms with Gasteiger partial charge >= 0.3 is 5.97 Å². The molecule has 0 spiro atoms. The van der Waals surface area contributed by atoms with E-state index in [2.05, 4.69) is 0 Å². The molecule has 4 nitrogen and oxygen atoms in total. The van der Waals surface area contributed by atoms with Crippen LogP contribution in [-0.4, -0.2) is 39.1 Å². The second-order valence-corrected chi connectivity index (χ2v) is 6.44. The summed E-state index contributed by atoms with van der Waals surface area (Å²) < 4.78 is 0. The van der Waals surface area contributed by atoms with E-state index in [9.17, 15) is 14.7 Å². The lowest BCUT2D eigenvalue weighted by Crippen LogP contribution is -2.49. The molecule has 3 aliphatic rings. The van der Waals surface area contributed by atoms with Gasteiger partial charge in [0.2, 0.25) is 5.91 Å². The Morgan fingerprint density at radius 1 is 1.18 bits per heavy atom. The van der Waals surface area contributed by atoms with Gasteiger partial charge in [-0.15, -0.1) is 11.8 Å². The van der Waals surface area contributed by atoms with Crippen LogP contribution in [0.5, 0.6) is 0 Å². The molecule has 0 bridgehead atoms. The number of hydrogen-bond donors (Lipinski definition) is 1. The molecule has 3 fully saturated rings. The molecule has 1 N–H and O–H groups in total. The lowest BCUT2D eigenvalue weighted by molar-refractivity contribution is -0.152. The van der Waals surface area contributed by atoms with Crippen LogP contribution in [0.15, 0.2) is 0 Å². The Kier molecular flexibility index (Phi) is 2.81. The molecule has 0 aromatic heterocycles. The van der Waals surface area contributed by atoms with E-state index in [0.717, 1.165) is 32.1 Å². The van der Waals surface area contributed by atoms with E-state index in [1.54, 1.807) is 16.7 Å². The summed E-state index contributed by atoms with van der Waals surface area (Å²) in [7, 11) is 0. The van der Waals surface area contributed by atoms with Crippen molar-refractivity contribution >= 4 is 23.6 Å². The molecule has 17 heavy (non-hydrogen) atoms. The van der Waals surface area contributed by atoms with Crippen LogP contribution >= 0.6 is 11.8 Å². The van der Waals surface area contributed by atoms with Crippen molar-refractivity contribution in [3.63, 3.8) is 0 Å². The first kappa shape index (κ1) is 11.4. The second-order valence-electron chi connectivity index (χ2n) is 5.29. The van der Waals surface area contributed by atoms with Crippen molar-refractivity contribution in [2.24, 2.45) is 11.8 Å². The number of thioether (sulfide) groups is 1. The Balaban J connectivity index is 1.78. The van der Waals surface area contributed by atoms with E-state index in [1.165, 1.54) is 0 Å². The Morgan fingerprint density at radius 3 is 2.35 bits per heavy atom. The summed E-state index contributed by atoms with van der Waals surface area (Å²) in [5, 5.41) is 9.36. The number of nitrogens with zero attached hydrogens (tertiary/aromatic N) is 1. The van der Waals surface area contributed by atoms with Crippen LogP contribution in [0.25, 0.3) is 0 Å². The van der Waals surface area contributed by atoms with E-state index < -0.39 is 12.0 Å². The van der Waals surface area contributed by atoms with E-state index in [4.69, 9.17) is 0 Å². The van der Waals surface area contributed by atoms with Crippen LogP contribution in [0, 0.1) is 11.8 Å². The summed E-state index contributed by atoms with van der Waals surface area (Å²) in [5.41, 5.74) is 0. The molecule has 0 aromatic rings. The lowest BCUT2D eigenvalue weighted by Gasteiger charge is -2.34. The predicted octanol–water partition coefficient (Wildman–Crippen LogP) is 1.55. The van der Waals surface area contributed by atoms with Crippen LogP contribution in [0.3, 0.4) is 0 Å². The summed E-state index contributed by atoms with van der Waals surface area (Å²) in [6, 6.07) is -0.585. The molecule has 1 saturated heterocycles. The third-order valence-corrected chi connectivity index (χ3v) is 5.52. The molecule has 2 unspecified atom stereocenters. The zero-order valence-corrected chi connectivity index (χ0v) is 10.5. The highest BCUT2D eigenvalue weighted by Crippen LogP contribution is 2.46. The van der Waals surface area contributed by atoms with Gasteiger partial charge in [-0.3, -0.25) is 4.79 Å². The van der Waals surface area contributed by atoms with Crippen LogP contribution in [0.2, 0.25) is 0 Å². The number of aliphatic carboxylic acids is 1. The van der Waals surface area contributed by atoms with Gasteiger partial charge in [0.25, 0.3) is 0 Å². The highest BCUT2D eigenvalue weighted by Gasteiger charge is 2.49. The molecular formula is C12H17NO3S. The summed E-state index contributed by atoms with van der Waals surface area (Å²) >= 11 is 1.66. The normalized spacial score (nSPS) is 33.5. The van der Waals surface area contributed by atoms with Crippen molar-refractivity contribution < 1.29 is 14.7 Å². The Bertz CT molecular complexity index is 352. The van der Waals surface area contributed by atoms with Crippen LogP contribution in [0.4, 0.5) is 0 Å². The van der Waals surface area contributed by atoms with Gasteiger partial charge in [-0.25, -0.2) is 4.79 Å². The maximum Gasteiger partial charge on any atom is 0.327 e. The average molecular weight is 255 g/mol. The van der Waals surface area contributed by atoms with Crippen molar-refractivity contribution in [1.29, 1.82) is 0 Å². The smallest absolute Gasteiger partial charge is 0.327 e. The molecule has 3 rings (SSSR count). The van der Waals surface area contributed by atoms with Crippen LogP contribution < -0.4 is 0 Å². The van der Waals surface area contributed by atoms with E-state index in [-0.39, 0.29) is 17.2 Å². The minimum Gasteiger partial charge on any atom is -0.480 e. The second kappa shape index (κ2) is 4.19. The van der Waals surface area contributed by atoms with Crippen molar-refractivity contribution in [2.75, 3.05) is 5.75 Å². The van der Waals surface area contributed by atoms with Crippen molar-refractivity contribution in [3.8, 4) is 0 Å². The molecule has 2 atom stereocenters. The number of carbonyl (C=O) groups excluding carboxylic acids is 1. The maximum absolute atomic E-state index is 12.3. The van der Waals surface area contributed by atoms with Crippen LogP contribution in [-0.2, 0) is 9.59 Å². The standard InChI is InChI=1S/C12H17NO3S/c14-10(7-2-1-3-7)13-9(12(15)16)6-17-11(13)8-4-5-8/h7-9,11H,1-6H2,(H,15,16). The first-order valence-corrected chi connectivity index (χ1v) is 7.40. The molecule has 1 amide bonds. The summed E-state index contributed by atoms with van der Waals surface area (Å²) in [4.78, 5) is 25.3. The van der Waals surface area contributed by atoms with E-state index in [1.807, 2.05) is 0 Å². The number of hydrogen-bond acceptors (Lipinski definition) is 3. The predicted molar refractivity (Wildman–Crippen MR) is 64.6 cm³/mol. The lowest BCUT2D eigenvalue weighted by atomic mass is 9.84. The molecule has 2 aliphatic carbocycles. The minimum atomic E-state index is -0.840. The van der Waals surface area contributed by atoms with E-state index >= 15 is 0 Å². The molecule has 1 aliphatic heterocycles. The number of amides is 1. The van der Waals surface area contributed by atoms with Crippen molar-refractivity contribution in [2.45, 2.75) is 43.5 Å². The highest BCUT2D eigenvalue weighted by molar-refractivity contribution is 8.00. The van der Waals surface area contributed by atoms with Gasteiger partial charge in [-0.1, -0.05) is 6.42 Å². The Labute approximate surface area is 105 Å². The van der Waals surface area contributed by atoms with E-state index in [0.29, 0.717) is 11.7 Å². The molecule has 2 saturated carbocycles. The topological polar surface area (TPSA) is 57.6 Å². The number of carboxylic acids is 1. The molecule has 0 radical (unpaired) electrons. The van der Waals surface area contributed by atoms with Gasteiger partial charge in [-0.05, 0) is 31.6 Å². The van der Waals surface area contributed by atoms with Crippen LogP contribution in [0.1, 0.15) is 32.1 Å². The van der Waals surface area contributed by atoms with Gasteiger partial charge in [0, 0.05) is 11.7 Å². The summed E-state index contributed by atoms with van der Waals surface area (Å²) in [5.74, 6) is 0.485. The maximum atomic E-state index is 12.3. The quantitative estimate of drug-likeness (QED) is 0.831. The fourth-order valence-electron chi connectivity index (χ4n) is 2.61. The Morgan fingerprint density at radius 2 is 1.88 bits per heavy atom. The van der Waals surface area contributed by atoms with Crippen molar-refractivity contribution in [3.05, 3.63) is 0 Å². The number of rotatable bonds is 3. The third-order valence-electron chi connectivity index (χ3n) is 4.05. The molecule has 5 heteroatoms. The van der Waals surface area contributed by atoms with Gasteiger partial charge in [-0.2, -0.15) is 0 Å². The fraction of sp³-hybridized carbons (Fsp3) is 0.833. The monoisotopic (exact) mass is 255 g/mol. The molecule has 0 aromatic carbocycles. The number of carbonyl (C=O) groups is 2. The molecule has 1 heterocycles. The van der Waals surface area contributed by atoms with Gasteiger partial charge < -0.3 is 10.0 Å². The van der Waals surface area contributed by atoms with Gasteiger partial charge in [0.05, 0.1) is 5.37 Å². The van der Waals surface area contributed by atoms with Crippen molar-refractivity contribution in [1.82, 2.24) is 4.90 Å². The molecular weight excluding hydrogens is 238 g/mol. The Hall–Kier alpha value is -0.710. The van der Waals surface area contributed by atoms with Gasteiger partial charge in [0.15, 0.2) is 0 Å². The average Bonchev–Trinajstić information content (AvgIpc) is 2.93. The van der Waals surface area contributed by atoms with Gasteiger partial charge in [0.1, 0.15) is 6.04 Å². The minimum absolute atomic E-state index is 0.102. The first-order valence-electron chi connectivity index (χ1n) is 6.35. The zero-order valence-electron chi connectivity index (χ0n) is 9.67. The summed E-state index contributed by atoms with van der Waals surface area (Å²) in [6.45, 7) is 0. The molecule has 94 valence electrons. The number of carboxylic acid groups (broad SMARTS) is 1. The first-order chi connectivity index (χ1) is 8.18.